The maximum atomic E-state index is 12.5. The molecule has 38 heavy (non-hydrogen) atoms. The van der Waals surface area contributed by atoms with E-state index in [0.717, 1.165) is 10.9 Å². The van der Waals surface area contributed by atoms with Gasteiger partial charge in [-0.2, -0.15) is 0 Å². The van der Waals surface area contributed by atoms with E-state index >= 15 is 0 Å². The molecule has 10 nitrogen and oxygen atoms in total. The summed E-state index contributed by atoms with van der Waals surface area (Å²) >= 11 is 0. The van der Waals surface area contributed by atoms with E-state index in [-0.39, 0.29) is 19.1 Å². The van der Waals surface area contributed by atoms with Crippen LogP contribution >= 0.6 is 0 Å². The largest absolute Gasteiger partial charge is 0.492 e. The Bertz CT molecular complexity index is 1550. The van der Waals surface area contributed by atoms with Gasteiger partial charge in [0.25, 0.3) is 5.91 Å². The van der Waals surface area contributed by atoms with Gasteiger partial charge in [0.15, 0.2) is 0 Å². The first-order chi connectivity index (χ1) is 18.6. The lowest BCUT2D eigenvalue weighted by Crippen LogP contribution is -2.26. The van der Waals surface area contributed by atoms with Crippen LogP contribution in [0.5, 0.6) is 5.75 Å². The molecular formula is C28H24N6O4. The van der Waals surface area contributed by atoms with Crippen LogP contribution < -0.4 is 20.7 Å². The Morgan fingerprint density at radius 2 is 1.82 bits per heavy atom. The van der Waals surface area contributed by atoms with E-state index < -0.39 is 0 Å². The molecule has 0 atom stereocenters. The van der Waals surface area contributed by atoms with Gasteiger partial charge >= 0.3 is 0 Å². The number of carbonyl (C=O) groups excluding carboxylic acids is 2. The Morgan fingerprint density at radius 1 is 1.03 bits per heavy atom. The van der Waals surface area contributed by atoms with Gasteiger partial charge in [-0.15, -0.1) is 0 Å². The summed E-state index contributed by atoms with van der Waals surface area (Å²) in [5, 5.41) is 3.65. The Labute approximate surface area is 218 Å². The number of benzene rings is 3. The molecule has 2 heterocycles. The SMILES string of the molecule is Nc1ccccc1NC(=O)c1ccc(OCCN(C=O)c2cc3cc(Cc4ncncn4)ccc3o2)cc1. The van der Waals surface area contributed by atoms with Gasteiger partial charge in [-0.05, 0) is 54.1 Å². The number of nitrogens with two attached hydrogens (primary N) is 1. The molecular weight excluding hydrogens is 484 g/mol. The molecule has 0 spiro atoms. The van der Waals surface area contributed by atoms with Crippen molar-refractivity contribution < 1.29 is 18.7 Å². The number of nitrogen functional groups attached to an aromatic ring is 1. The number of hydrogen-bond acceptors (Lipinski definition) is 8. The highest BCUT2D eigenvalue weighted by Crippen LogP contribution is 2.27. The highest BCUT2D eigenvalue weighted by Gasteiger charge is 2.13. The number of anilines is 3. The van der Waals surface area contributed by atoms with Crippen LogP contribution in [-0.2, 0) is 11.2 Å². The molecule has 0 saturated carbocycles. The average molecular weight is 509 g/mol. The number of rotatable bonds is 10. The zero-order valence-electron chi connectivity index (χ0n) is 20.3. The van der Waals surface area contributed by atoms with Crippen molar-refractivity contribution in [2.75, 3.05) is 29.1 Å². The third-order valence-corrected chi connectivity index (χ3v) is 5.81. The molecule has 190 valence electrons. The highest BCUT2D eigenvalue weighted by atomic mass is 16.5. The van der Waals surface area contributed by atoms with Crippen LogP contribution in [-0.4, -0.2) is 40.4 Å². The van der Waals surface area contributed by atoms with Crippen LogP contribution in [0.2, 0.25) is 0 Å². The molecule has 0 saturated heterocycles. The number of furan rings is 1. The number of hydrogen-bond donors (Lipinski definition) is 2. The maximum absolute atomic E-state index is 12.5. The summed E-state index contributed by atoms with van der Waals surface area (Å²) in [7, 11) is 0. The minimum Gasteiger partial charge on any atom is -0.492 e. The Kier molecular flexibility index (Phi) is 7.21. The highest BCUT2D eigenvalue weighted by molar-refractivity contribution is 6.05. The van der Waals surface area contributed by atoms with Crippen molar-refractivity contribution >= 4 is 40.5 Å². The van der Waals surface area contributed by atoms with Crippen LogP contribution in [0.3, 0.4) is 0 Å². The quantitative estimate of drug-likeness (QED) is 0.213. The van der Waals surface area contributed by atoms with Gasteiger partial charge in [0.1, 0.15) is 36.4 Å². The number of aromatic nitrogens is 3. The molecule has 5 rings (SSSR count). The second kappa shape index (κ2) is 11.2. The topological polar surface area (TPSA) is 136 Å². The summed E-state index contributed by atoms with van der Waals surface area (Å²) in [5.74, 6) is 1.38. The number of carbonyl (C=O) groups is 2. The molecule has 0 unspecified atom stereocenters. The lowest BCUT2D eigenvalue weighted by atomic mass is 10.1. The van der Waals surface area contributed by atoms with E-state index in [1.54, 1.807) is 48.5 Å². The van der Waals surface area contributed by atoms with E-state index in [9.17, 15) is 9.59 Å². The van der Waals surface area contributed by atoms with Crippen LogP contribution in [0.15, 0.2) is 89.9 Å². The van der Waals surface area contributed by atoms with E-state index in [1.165, 1.54) is 17.6 Å². The van der Waals surface area contributed by atoms with Gasteiger partial charge in [0.05, 0.1) is 17.9 Å². The molecule has 5 aromatic rings. The molecule has 3 N–H and O–H groups in total. The fourth-order valence-electron chi connectivity index (χ4n) is 3.85. The third kappa shape index (κ3) is 5.76. The predicted molar refractivity (Wildman–Crippen MR) is 143 cm³/mol. The average Bonchev–Trinajstić information content (AvgIpc) is 3.36. The van der Waals surface area contributed by atoms with Crippen LogP contribution in [0.1, 0.15) is 21.7 Å². The summed E-state index contributed by atoms with van der Waals surface area (Å²) in [4.78, 5) is 37.8. The Hall–Kier alpha value is -5.25. The van der Waals surface area contributed by atoms with E-state index in [4.69, 9.17) is 14.9 Å². The van der Waals surface area contributed by atoms with Crippen molar-refractivity contribution in [3.05, 3.63) is 102 Å². The molecule has 0 aliphatic rings. The zero-order valence-corrected chi connectivity index (χ0v) is 20.3. The molecule has 3 aromatic carbocycles. The van der Waals surface area contributed by atoms with Crippen molar-refractivity contribution in [3.8, 4) is 5.75 Å². The number of ether oxygens (including phenoxy) is 1. The zero-order chi connectivity index (χ0) is 26.3. The summed E-state index contributed by atoms with van der Waals surface area (Å²) < 4.78 is 11.7. The molecule has 2 amide bonds. The lowest BCUT2D eigenvalue weighted by Gasteiger charge is -2.14. The van der Waals surface area contributed by atoms with Crippen molar-refractivity contribution in [1.29, 1.82) is 0 Å². The summed E-state index contributed by atoms with van der Waals surface area (Å²) in [6.07, 6.45) is 4.20. The number of fused-ring (bicyclic) bond motifs is 1. The van der Waals surface area contributed by atoms with Crippen molar-refractivity contribution in [1.82, 2.24) is 15.0 Å². The standard InChI is InChI=1S/C28H24N6O4/c29-23-3-1-2-4-24(23)33-28(36)20-6-8-22(9-7-20)37-12-11-34(18-35)27-15-21-13-19(5-10-25(21)38-27)14-26-31-16-30-17-32-26/h1-10,13,15-18H,11-12,14,29H2,(H,33,36). The first-order valence-corrected chi connectivity index (χ1v) is 11.8. The second-order valence-corrected chi connectivity index (χ2v) is 8.40. The number of amides is 2. The first-order valence-electron chi connectivity index (χ1n) is 11.8. The number of para-hydroxylation sites is 2. The lowest BCUT2D eigenvalue weighted by molar-refractivity contribution is -0.107. The molecule has 2 aromatic heterocycles. The molecule has 0 aliphatic heterocycles. The van der Waals surface area contributed by atoms with Gasteiger partial charge in [0, 0.05) is 23.4 Å². The van der Waals surface area contributed by atoms with E-state index in [2.05, 4.69) is 20.3 Å². The van der Waals surface area contributed by atoms with Crippen LogP contribution in [0.4, 0.5) is 17.3 Å². The normalized spacial score (nSPS) is 10.7. The summed E-state index contributed by atoms with van der Waals surface area (Å²) in [6, 6.07) is 21.4. The van der Waals surface area contributed by atoms with Gasteiger partial charge < -0.3 is 20.2 Å². The van der Waals surface area contributed by atoms with Gasteiger partial charge in [-0.25, -0.2) is 15.0 Å². The van der Waals surface area contributed by atoms with Crippen LogP contribution in [0.25, 0.3) is 11.0 Å². The second-order valence-electron chi connectivity index (χ2n) is 8.40. The first kappa shape index (κ1) is 24.4. The fourth-order valence-corrected chi connectivity index (χ4v) is 3.85. The molecule has 0 fully saturated rings. The molecule has 0 aliphatic carbocycles. The van der Waals surface area contributed by atoms with E-state index in [1.807, 2.05) is 24.3 Å². The Balaban J connectivity index is 1.17. The van der Waals surface area contributed by atoms with Crippen molar-refractivity contribution in [2.24, 2.45) is 0 Å². The number of nitrogens with zero attached hydrogens (tertiary/aromatic N) is 4. The van der Waals surface area contributed by atoms with Gasteiger partial charge in [-0.3, -0.25) is 14.5 Å². The van der Waals surface area contributed by atoms with E-state index in [0.29, 0.717) is 52.8 Å². The summed E-state index contributed by atoms with van der Waals surface area (Å²) in [6.45, 7) is 0.503. The monoisotopic (exact) mass is 508 g/mol. The fraction of sp³-hybridized carbons (Fsp3) is 0.107. The molecule has 10 heteroatoms. The Morgan fingerprint density at radius 3 is 2.58 bits per heavy atom. The number of nitrogens with one attached hydrogen (secondary N) is 1. The van der Waals surface area contributed by atoms with Crippen LogP contribution in [0, 0.1) is 0 Å². The smallest absolute Gasteiger partial charge is 0.255 e. The molecule has 0 radical (unpaired) electrons. The maximum Gasteiger partial charge on any atom is 0.255 e. The molecule has 0 bridgehead atoms. The van der Waals surface area contributed by atoms with Gasteiger partial charge in [-0.1, -0.05) is 18.2 Å². The minimum atomic E-state index is -0.275. The van der Waals surface area contributed by atoms with Crippen molar-refractivity contribution in [3.63, 3.8) is 0 Å². The van der Waals surface area contributed by atoms with Gasteiger partial charge in [0.2, 0.25) is 12.3 Å². The predicted octanol–water partition coefficient (Wildman–Crippen LogP) is 4.08. The van der Waals surface area contributed by atoms with Crippen molar-refractivity contribution in [2.45, 2.75) is 6.42 Å². The summed E-state index contributed by atoms with van der Waals surface area (Å²) in [5.41, 5.74) is 9.07. The minimum absolute atomic E-state index is 0.229. The third-order valence-electron chi connectivity index (χ3n) is 5.81.